The van der Waals surface area contributed by atoms with Crippen molar-refractivity contribution < 1.29 is 14.7 Å². The molecule has 4 N–H and O–H groups in total. The highest BCUT2D eigenvalue weighted by molar-refractivity contribution is 5.74. The normalized spacial score (nSPS) is 13.7. The summed E-state index contributed by atoms with van der Waals surface area (Å²) in [4.78, 5) is 29.0. The SMILES string of the molecule is CC(CCNC(=O)NC(C)c1ncc[nH]1)C(=O)O. The van der Waals surface area contributed by atoms with Crippen molar-refractivity contribution >= 4 is 12.0 Å². The number of carbonyl (C=O) groups is 2. The van der Waals surface area contributed by atoms with Crippen molar-refractivity contribution in [3.05, 3.63) is 18.2 Å². The van der Waals surface area contributed by atoms with Gasteiger partial charge in [0.2, 0.25) is 0 Å². The van der Waals surface area contributed by atoms with Crippen LogP contribution in [0.3, 0.4) is 0 Å². The maximum absolute atomic E-state index is 11.5. The molecule has 7 heteroatoms. The van der Waals surface area contributed by atoms with Crippen LogP contribution in [-0.2, 0) is 4.79 Å². The number of carbonyl (C=O) groups excluding carboxylic acids is 1. The Morgan fingerprint density at radius 1 is 1.50 bits per heavy atom. The second-order valence-electron chi connectivity index (χ2n) is 4.12. The quantitative estimate of drug-likeness (QED) is 0.604. The largest absolute Gasteiger partial charge is 0.481 e. The van der Waals surface area contributed by atoms with Crippen molar-refractivity contribution in [3.63, 3.8) is 0 Å². The Hall–Kier alpha value is -2.05. The minimum atomic E-state index is -0.860. The zero-order valence-electron chi connectivity index (χ0n) is 10.4. The number of carboxylic acids is 1. The van der Waals surface area contributed by atoms with Gasteiger partial charge in [-0.15, -0.1) is 0 Å². The second-order valence-corrected chi connectivity index (χ2v) is 4.12. The van der Waals surface area contributed by atoms with Gasteiger partial charge in [-0.2, -0.15) is 0 Å². The summed E-state index contributed by atoms with van der Waals surface area (Å²) in [7, 11) is 0. The van der Waals surface area contributed by atoms with E-state index < -0.39 is 11.9 Å². The van der Waals surface area contributed by atoms with Crippen molar-refractivity contribution in [1.82, 2.24) is 20.6 Å². The Morgan fingerprint density at radius 2 is 2.22 bits per heavy atom. The van der Waals surface area contributed by atoms with Gasteiger partial charge in [-0.3, -0.25) is 4.79 Å². The summed E-state index contributed by atoms with van der Waals surface area (Å²) in [5, 5.41) is 14.0. The predicted octanol–water partition coefficient (Wildman–Crippen LogP) is 0.881. The first kappa shape index (κ1) is 14.0. The van der Waals surface area contributed by atoms with Gasteiger partial charge in [0.15, 0.2) is 0 Å². The molecule has 2 atom stereocenters. The smallest absolute Gasteiger partial charge is 0.315 e. The third kappa shape index (κ3) is 4.44. The highest BCUT2D eigenvalue weighted by atomic mass is 16.4. The number of aromatic nitrogens is 2. The van der Waals surface area contributed by atoms with E-state index in [0.717, 1.165) is 0 Å². The van der Waals surface area contributed by atoms with Crippen LogP contribution in [0.15, 0.2) is 12.4 Å². The fourth-order valence-corrected chi connectivity index (χ4v) is 1.36. The first-order chi connectivity index (χ1) is 8.50. The van der Waals surface area contributed by atoms with Crippen molar-refractivity contribution in [2.75, 3.05) is 6.54 Å². The molecule has 1 aromatic heterocycles. The molecule has 2 unspecified atom stereocenters. The Kier molecular flexibility index (Phi) is 5.16. The topological polar surface area (TPSA) is 107 Å². The molecule has 7 nitrogen and oxygen atoms in total. The number of hydrogen-bond donors (Lipinski definition) is 4. The van der Waals surface area contributed by atoms with Crippen LogP contribution >= 0.6 is 0 Å². The lowest BCUT2D eigenvalue weighted by Gasteiger charge is -2.13. The molecule has 0 saturated heterocycles. The zero-order chi connectivity index (χ0) is 13.5. The first-order valence-electron chi connectivity index (χ1n) is 5.77. The first-order valence-corrected chi connectivity index (χ1v) is 5.77. The molecule has 1 heterocycles. The Labute approximate surface area is 105 Å². The molecule has 0 aliphatic carbocycles. The molecule has 18 heavy (non-hydrogen) atoms. The number of urea groups is 1. The van der Waals surface area contributed by atoms with E-state index in [4.69, 9.17) is 5.11 Å². The van der Waals surface area contributed by atoms with Gasteiger partial charge >= 0.3 is 12.0 Å². The number of carboxylic acid groups (broad SMARTS) is 1. The summed E-state index contributed by atoms with van der Waals surface area (Å²) >= 11 is 0. The average Bonchev–Trinajstić information content (AvgIpc) is 2.81. The predicted molar refractivity (Wildman–Crippen MR) is 65.0 cm³/mol. The van der Waals surface area contributed by atoms with Gasteiger partial charge in [0, 0.05) is 18.9 Å². The van der Waals surface area contributed by atoms with Gasteiger partial charge in [0.05, 0.1) is 12.0 Å². The van der Waals surface area contributed by atoms with E-state index in [1.54, 1.807) is 26.2 Å². The lowest BCUT2D eigenvalue weighted by atomic mass is 10.1. The van der Waals surface area contributed by atoms with Gasteiger partial charge in [0.1, 0.15) is 5.82 Å². The highest BCUT2D eigenvalue weighted by Gasteiger charge is 2.13. The van der Waals surface area contributed by atoms with Crippen LogP contribution < -0.4 is 10.6 Å². The maximum atomic E-state index is 11.5. The molecule has 2 amide bonds. The summed E-state index contributed by atoms with van der Waals surface area (Å²) in [5.41, 5.74) is 0. The highest BCUT2D eigenvalue weighted by Crippen LogP contribution is 2.04. The van der Waals surface area contributed by atoms with E-state index >= 15 is 0 Å². The molecular weight excluding hydrogens is 236 g/mol. The summed E-state index contributed by atoms with van der Waals surface area (Å²) in [6, 6.07) is -0.562. The molecular formula is C11H18N4O3. The van der Waals surface area contributed by atoms with Crippen LogP contribution in [-0.4, -0.2) is 33.6 Å². The number of hydrogen-bond acceptors (Lipinski definition) is 3. The number of rotatable bonds is 6. The standard InChI is InChI=1S/C11H18N4O3/c1-7(10(16)17)3-4-14-11(18)15-8(2)9-12-5-6-13-9/h5-8H,3-4H2,1-2H3,(H,12,13)(H,16,17)(H2,14,15,18). The summed E-state index contributed by atoms with van der Waals surface area (Å²) in [5.74, 6) is -0.655. The van der Waals surface area contributed by atoms with Crippen molar-refractivity contribution in [1.29, 1.82) is 0 Å². The van der Waals surface area contributed by atoms with Gasteiger partial charge in [-0.05, 0) is 13.3 Å². The van der Waals surface area contributed by atoms with Crippen LogP contribution in [0, 0.1) is 5.92 Å². The second kappa shape index (κ2) is 6.63. The van der Waals surface area contributed by atoms with E-state index in [0.29, 0.717) is 18.8 Å². The molecule has 0 aromatic carbocycles. The number of nitrogens with zero attached hydrogens (tertiary/aromatic N) is 1. The number of imidazole rings is 1. The molecule has 0 aliphatic rings. The van der Waals surface area contributed by atoms with E-state index in [2.05, 4.69) is 20.6 Å². The minimum Gasteiger partial charge on any atom is -0.481 e. The van der Waals surface area contributed by atoms with Crippen molar-refractivity contribution in [3.8, 4) is 0 Å². The Morgan fingerprint density at radius 3 is 2.78 bits per heavy atom. The zero-order valence-corrected chi connectivity index (χ0v) is 10.4. The number of H-pyrrole nitrogens is 1. The molecule has 0 radical (unpaired) electrons. The summed E-state index contributed by atoms with van der Waals surface area (Å²) < 4.78 is 0. The minimum absolute atomic E-state index is 0.225. The average molecular weight is 254 g/mol. The third-order valence-electron chi connectivity index (χ3n) is 2.56. The van der Waals surface area contributed by atoms with Gasteiger partial charge in [0.25, 0.3) is 0 Å². The Bertz CT molecular complexity index is 391. The van der Waals surface area contributed by atoms with E-state index in [-0.39, 0.29) is 12.1 Å². The van der Waals surface area contributed by atoms with Gasteiger partial charge in [-0.25, -0.2) is 9.78 Å². The van der Waals surface area contributed by atoms with Crippen LogP contribution in [0.1, 0.15) is 32.1 Å². The van der Waals surface area contributed by atoms with E-state index in [1.807, 2.05) is 0 Å². The number of aliphatic carboxylic acids is 1. The summed E-state index contributed by atoms with van der Waals surface area (Å²) in [6.07, 6.45) is 3.69. The Balaban J connectivity index is 2.24. The van der Waals surface area contributed by atoms with Crippen molar-refractivity contribution in [2.45, 2.75) is 26.3 Å². The fraction of sp³-hybridized carbons (Fsp3) is 0.545. The van der Waals surface area contributed by atoms with Crippen LogP contribution in [0.2, 0.25) is 0 Å². The molecule has 0 spiro atoms. The fourth-order valence-electron chi connectivity index (χ4n) is 1.36. The number of nitrogens with one attached hydrogen (secondary N) is 3. The molecule has 1 aromatic rings. The molecule has 0 fully saturated rings. The third-order valence-corrected chi connectivity index (χ3v) is 2.56. The summed E-state index contributed by atoms with van der Waals surface area (Å²) in [6.45, 7) is 3.73. The van der Waals surface area contributed by atoms with E-state index in [9.17, 15) is 9.59 Å². The van der Waals surface area contributed by atoms with Crippen LogP contribution in [0.5, 0.6) is 0 Å². The molecule has 1 rings (SSSR count). The lowest BCUT2D eigenvalue weighted by Crippen LogP contribution is -2.38. The molecule has 100 valence electrons. The van der Waals surface area contributed by atoms with Crippen LogP contribution in [0.4, 0.5) is 4.79 Å². The van der Waals surface area contributed by atoms with Crippen molar-refractivity contribution in [2.24, 2.45) is 5.92 Å². The molecule has 0 aliphatic heterocycles. The number of amides is 2. The van der Waals surface area contributed by atoms with Gasteiger partial charge in [-0.1, -0.05) is 6.92 Å². The maximum Gasteiger partial charge on any atom is 0.315 e. The molecule has 0 saturated carbocycles. The van der Waals surface area contributed by atoms with Crippen LogP contribution in [0.25, 0.3) is 0 Å². The van der Waals surface area contributed by atoms with E-state index in [1.165, 1.54) is 0 Å². The number of aromatic amines is 1. The lowest BCUT2D eigenvalue weighted by molar-refractivity contribution is -0.141. The monoisotopic (exact) mass is 254 g/mol. The van der Waals surface area contributed by atoms with Gasteiger partial charge < -0.3 is 20.7 Å². The molecule has 0 bridgehead atoms.